The maximum Gasteiger partial charge on any atom is 0.133 e. The van der Waals surface area contributed by atoms with Crippen molar-refractivity contribution in [2.45, 2.75) is 25.7 Å². The van der Waals surface area contributed by atoms with Crippen molar-refractivity contribution >= 4 is 5.78 Å². The summed E-state index contributed by atoms with van der Waals surface area (Å²) in [4.78, 5) is 12.7. The lowest BCUT2D eigenvalue weighted by molar-refractivity contribution is -0.119. The predicted molar refractivity (Wildman–Crippen MR) is 129 cm³/mol. The van der Waals surface area contributed by atoms with Crippen LogP contribution in [0.3, 0.4) is 0 Å². The second-order valence-electron chi connectivity index (χ2n) is 7.95. The van der Waals surface area contributed by atoms with Crippen molar-refractivity contribution in [1.29, 1.82) is 0 Å². The highest BCUT2D eigenvalue weighted by Crippen LogP contribution is 2.30. The summed E-state index contributed by atoms with van der Waals surface area (Å²) in [5, 5.41) is 19.9. The van der Waals surface area contributed by atoms with Gasteiger partial charge >= 0.3 is 0 Å². The average Bonchev–Trinajstić information content (AvgIpc) is 2.82. The molecule has 4 rings (SSSR count). The van der Waals surface area contributed by atoms with Gasteiger partial charge in [-0.25, -0.2) is 0 Å². The molecule has 0 saturated carbocycles. The van der Waals surface area contributed by atoms with Gasteiger partial charge in [0.15, 0.2) is 0 Å². The van der Waals surface area contributed by atoms with Gasteiger partial charge < -0.3 is 10.2 Å². The molecular formula is C29H26O3. The van der Waals surface area contributed by atoms with Crippen LogP contribution in [-0.2, 0) is 17.6 Å². The molecule has 0 aliphatic heterocycles. The van der Waals surface area contributed by atoms with Crippen molar-refractivity contribution in [3.63, 3.8) is 0 Å². The molecule has 32 heavy (non-hydrogen) atoms. The lowest BCUT2D eigenvalue weighted by Gasteiger charge is -2.12. The van der Waals surface area contributed by atoms with Crippen LogP contribution in [-0.4, -0.2) is 16.0 Å². The third-order valence-corrected chi connectivity index (χ3v) is 5.69. The highest BCUT2D eigenvalue weighted by Gasteiger charge is 2.12. The molecule has 2 N–H and O–H groups in total. The summed E-state index contributed by atoms with van der Waals surface area (Å²) in [6, 6.07) is 30.7. The molecule has 0 saturated heterocycles. The van der Waals surface area contributed by atoms with Crippen LogP contribution >= 0.6 is 0 Å². The minimum Gasteiger partial charge on any atom is -0.508 e. The smallest absolute Gasteiger partial charge is 0.133 e. The van der Waals surface area contributed by atoms with Crippen LogP contribution in [0.5, 0.6) is 11.5 Å². The van der Waals surface area contributed by atoms with Crippen molar-refractivity contribution < 1.29 is 15.0 Å². The third-order valence-electron chi connectivity index (χ3n) is 5.69. The van der Waals surface area contributed by atoms with Crippen molar-refractivity contribution in [3.05, 3.63) is 108 Å². The van der Waals surface area contributed by atoms with E-state index in [2.05, 4.69) is 0 Å². The molecule has 0 aliphatic rings. The van der Waals surface area contributed by atoms with E-state index in [1.54, 1.807) is 24.3 Å². The van der Waals surface area contributed by atoms with Gasteiger partial charge in [-0.3, -0.25) is 4.79 Å². The Hall–Kier alpha value is -3.85. The molecule has 0 amide bonds. The zero-order valence-electron chi connectivity index (χ0n) is 17.9. The number of rotatable bonds is 8. The monoisotopic (exact) mass is 422 g/mol. The maximum atomic E-state index is 12.7. The molecule has 0 fully saturated rings. The number of aromatic hydroxyl groups is 2. The van der Waals surface area contributed by atoms with Crippen LogP contribution in [0.1, 0.15) is 24.0 Å². The number of aryl methyl sites for hydroxylation is 2. The summed E-state index contributed by atoms with van der Waals surface area (Å²) >= 11 is 0. The van der Waals surface area contributed by atoms with Crippen LogP contribution in [0.2, 0.25) is 0 Å². The van der Waals surface area contributed by atoms with Crippen LogP contribution in [0, 0.1) is 0 Å². The van der Waals surface area contributed by atoms with E-state index in [9.17, 15) is 15.0 Å². The second kappa shape index (κ2) is 9.97. The first-order valence-corrected chi connectivity index (χ1v) is 10.9. The number of Topliss-reactive ketones (excluding diaryl/α,β-unsaturated/α-hetero) is 1. The lowest BCUT2D eigenvalue weighted by atomic mass is 9.93. The fourth-order valence-electron chi connectivity index (χ4n) is 4.05. The fourth-order valence-corrected chi connectivity index (χ4v) is 4.05. The number of hydrogen-bond acceptors (Lipinski definition) is 3. The molecule has 0 aromatic heterocycles. The summed E-state index contributed by atoms with van der Waals surface area (Å²) in [6.45, 7) is 0. The summed E-state index contributed by atoms with van der Waals surface area (Å²) in [6.07, 6.45) is 1.96. The van der Waals surface area contributed by atoms with Gasteiger partial charge in [-0.05, 0) is 70.5 Å². The van der Waals surface area contributed by atoms with Gasteiger partial charge in [0, 0.05) is 12.8 Å². The van der Waals surface area contributed by atoms with Crippen molar-refractivity contribution in [3.8, 4) is 33.8 Å². The molecule has 0 bridgehead atoms. The van der Waals surface area contributed by atoms with Crippen LogP contribution in [0.15, 0.2) is 97.1 Å². The summed E-state index contributed by atoms with van der Waals surface area (Å²) in [5.41, 5.74) is 6.15. The quantitative estimate of drug-likeness (QED) is 0.338. The molecule has 0 spiro atoms. The fraction of sp³-hybridized carbons (Fsp3) is 0.138. The van der Waals surface area contributed by atoms with Gasteiger partial charge in [0.2, 0.25) is 0 Å². The third kappa shape index (κ3) is 5.25. The first kappa shape index (κ1) is 21.4. The Morgan fingerprint density at radius 1 is 0.562 bits per heavy atom. The van der Waals surface area contributed by atoms with E-state index in [1.165, 1.54) is 0 Å². The van der Waals surface area contributed by atoms with Crippen LogP contribution in [0.25, 0.3) is 22.3 Å². The number of ketones is 1. The Kier molecular flexibility index (Phi) is 6.66. The Morgan fingerprint density at radius 3 is 1.38 bits per heavy atom. The van der Waals surface area contributed by atoms with Gasteiger partial charge in [-0.1, -0.05) is 72.8 Å². The van der Waals surface area contributed by atoms with Crippen molar-refractivity contribution in [1.82, 2.24) is 0 Å². The minimum absolute atomic E-state index is 0.162. The van der Waals surface area contributed by atoms with E-state index in [-0.39, 0.29) is 17.3 Å². The van der Waals surface area contributed by atoms with Crippen LogP contribution < -0.4 is 0 Å². The Labute approximate surface area is 188 Å². The topological polar surface area (TPSA) is 57.5 Å². The van der Waals surface area contributed by atoms with E-state index in [0.717, 1.165) is 33.4 Å². The molecule has 0 radical (unpaired) electrons. The molecule has 3 nitrogen and oxygen atoms in total. The second-order valence-corrected chi connectivity index (χ2v) is 7.95. The Bertz CT molecular complexity index is 1100. The summed E-state index contributed by atoms with van der Waals surface area (Å²) in [5.74, 6) is 0.577. The van der Waals surface area contributed by atoms with E-state index >= 15 is 0 Å². The van der Waals surface area contributed by atoms with E-state index in [1.807, 2.05) is 72.8 Å². The van der Waals surface area contributed by atoms with E-state index in [0.29, 0.717) is 25.7 Å². The Balaban J connectivity index is 1.44. The number of phenolic OH excluding ortho intramolecular Hbond substituents is 2. The maximum absolute atomic E-state index is 12.7. The SMILES string of the molecule is O=C(CCc1cc(O)ccc1-c1ccccc1)CCc1cc(O)ccc1-c1ccccc1. The summed E-state index contributed by atoms with van der Waals surface area (Å²) < 4.78 is 0. The molecule has 4 aromatic rings. The highest BCUT2D eigenvalue weighted by molar-refractivity contribution is 5.80. The van der Waals surface area contributed by atoms with Crippen molar-refractivity contribution in [2.75, 3.05) is 0 Å². The molecule has 160 valence electrons. The minimum atomic E-state index is 0.162. The molecule has 0 atom stereocenters. The van der Waals surface area contributed by atoms with Gasteiger partial charge in [-0.2, -0.15) is 0 Å². The zero-order valence-corrected chi connectivity index (χ0v) is 17.9. The Morgan fingerprint density at radius 2 is 0.969 bits per heavy atom. The average molecular weight is 423 g/mol. The van der Waals surface area contributed by atoms with Gasteiger partial charge in [0.1, 0.15) is 17.3 Å². The van der Waals surface area contributed by atoms with Gasteiger partial charge in [-0.15, -0.1) is 0 Å². The largest absolute Gasteiger partial charge is 0.508 e. The number of benzene rings is 4. The predicted octanol–water partition coefficient (Wildman–Crippen LogP) is 6.57. The lowest BCUT2D eigenvalue weighted by Crippen LogP contribution is -2.04. The molecule has 3 heteroatoms. The van der Waals surface area contributed by atoms with Crippen molar-refractivity contribution in [2.24, 2.45) is 0 Å². The number of hydrogen-bond donors (Lipinski definition) is 2. The molecule has 0 unspecified atom stereocenters. The molecule has 4 aromatic carbocycles. The molecule has 0 heterocycles. The standard InChI is InChI=1S/C29H26O3/c30-25(13-11-23-19-26(31)15-17-28(23)21-7-3-1-4-8-21)14-12-24-20-27(32)16-18-29(24)22-9-5-2-6-10-22/h1-10,15-20,31-32H,11-14H2. The number of phenols is 2. The number of carbonyl (C=O) groups is 1. The molecule has 0 aliphatic carbocycles. The summed E-state index contributed by atoms with van der Waals surface area (Å²) in [7, 11) is 0. The van der Waals surface area contributed by atoms with Gasteiger partial charge in [0.25, 0.3) is 0 Å². The first-order chi connectivity index (χ1) is 15.6. The van der Waals surface area contributed by atoms with Gasteiger partial charge in [0.05, 0.1) is 0 Å². The number of carbonyl (C=O) groups excluding carboxylic acids is 1. The normalized spacial score (nSPS) is 10.8. The van der Waals surface area contributed by atoms with E-state index < -0.39 is 0 Å². The highest BCUT2D eigenvalue weighted by atomic mass is 16.3. The molecular weight excluding hydrogens is 396 g/mol. The first-order valence-electron chi connectivity index (χ1n) is 10.9. The zero-order chi connectivity index (χ0) is 22.3. The van der Waals surface area contributed by atoms with Crippen LogP contribution in [0.4, 0.5) is 0 Å². The van der Waals surface area contributed by atoms with E-state index in [4.69, 9.17) is 0 Å².